The van der Waals surface area contributed by atoms with E-state index < -0.39 is 0 Å². The number of rotatable bonds is 10. The fourth-order valence-corrected chi connectivity index (χ4v) is 7.48. The highest BCUT2D eigenvalue weighted by Crippen LogP contribution is 2.30. The highest BCUT2D eigenvalue weighted by molar-refractivity contribution is 5.82. The summed E-state index contributed by atoms with van der Waals surface area (Å²) >= 11 is 0. The number of urea groups is 1. The van der Waals surface area contributed by atoms with Crippen molar-refractivity contribution in [1.82, 2.24) is 79.4 Å². The first kappa shape index (κ1) is 42.7. The summed E-state index contributed by atoms with van der Waals surface area (Å²) in [7, 11) is 3.41. The zero-order chi connectivity index (χ0) is 43.2. The summed E-state index contributed by atoms with van der Waals surface area (Å²) in [6, 6.07) is 0.0363. The van der Waals surface area contributed by atoms with Crippen LogP contribution < -0.4 is 20.1 Å². The van der Waals surface area contributed by atoms with Gasteiger partial charge in [0.1, 0.15) is 48.2 Å². The number of carbonyl (C=O) groups is 1. The molecule has 0 unspecified atom stereocenters. The van der Waals surface area contributed by atoms with Crippen molar-refractivity contribution in [3.8, 4) is 34.5 Å². The first-order valence-electron chi connectivity index (χ1n) is 21.1. The lowest BCUT2D eigenvalue weighted by Crippen LogP contribution is -2.58. The molecule has 2 amide bonds. The smallest absolute Gasteiger partial charge is 0.320 e. The maximum absolute atomic E-state index is 12.7. The number of ether oxygens (including phenoxy) is 4. The van der Waals surface area contributed by atoms with Crippen LogP contribution in [0.4, 0.5) is 4.79 Å². The quantitative estimate of drug-likeness (QED) is 0.202. The Morgan fingerprint density at radius 3 is 1.56 bits per heavy atom. The van der Waals surface area contributed by atoms with Gasteiger partial charge in [-0.2, -0.15) is 9.97 Å². The summed E-state index contributed by atoms with van der Waals surface area (Å²) in [5.41, 5.74) is 4.41. The molecule has 4 saturated heterocycles. The van der Waals surface area contributed by atoms with Crippen molar-refractivity contribution >= 4 is 28.4 Å². The van der Waals surface area contributed by atoms with E-state index in [0.29, 0.717) is 73.1 Å². The average molecular weight is 851 g/mol. The summed E-state index contributed by atoms with van der Waals surface area (Å²) in [5, 5.41) is 6.38. The first-order chi connectivity index (χ1) is 30.3. The van der Waals surface area contributed by atoms with E-state index in [2.05, 4.69) is 57.4 Å². The van der Waals surface area contributed by atoms with E-state index in [0.717, 1.165) is 79.8 Å². The highest BCUT2D eigenvalue weighted by atomic mass is 16.5. The molecule has 2 N–H and O–H groups in total. The number of nitrogens with zero attached hydrogens (tertiary/aromatic N) is 14. The molecule has 0 radical (unpaired) electrons. The lowest BCUT2D eigenvalue weighted by Gasteiger charge is -2.40. The van der Waals surface area contributed by atoms with Crippen LogP contribution in [-0.2, 0) is 22.6 Å². The highest BCUT2D eigenvalue weighted by Gasteiger charge is 2.37. The predicted molar refractivity (Wildman–Crippen MR) is 227 cm³/mol. The van der Waals surface area contributed by atoms with Crippen molar-refractivity contribution in [2.75, 3.05) is 66.6 Å². The Balaban J connectivity index is 0.000000155. The van der Waals surface area contributed by atoms with Gasteiger partial charge in [-0.1, -0.05) is 0 Å². The molecule has 62 heavy (non-hydrogen) atoms. The van der Waals surface area contributed by atoms with Gasteiger partial charge in [0.15, 0.2) is 22.3 Å². The number of amides is 2. The number of hydrogen-bond donors (Lipinski definition) is 2. The monoisotopic (exact) mass is 850 g/mol. The van der Waals surface area contributed by atoms with Gasteiger partial charge in [-0.3, -0.25) is 0 Å². The van der Waals surface area contributed by atoms with E-state index >= 15 is 0 Å². The van der Waals surface area contributed by atoms with Crippen LogP contribution in [0.15, 0.2) is 37.4 Å². The van der Waals surface area contributed by atoms with Crippen LogP contribution in [0.3, 0.4) is 0 Å². The molecule has 10 heterocycles. The van der Waals surface area contributed by atoms with Gasteiger partial charge in [-0.25, -0.2) is 44.7 Å². The minimum atomic E-state index is -0.144. The topological polar surface area (TPSA) is 223 Å². The maximum Gasteiger partial charge on any atom is 0.320 e. The van der Waals surface area contributed by atoms with Crippen LogP contribution in [0.5, 0.6) is 11.8 Å². The zero-order valence-electron chi connectivity index (χ0n) is 36.1. The summed E-state index contributed by atoms with van der Waals surface area (Å²) in [4.78, 5) is 60.4. The molecule has 0 aromatic carbocycles. The molecule has 2 atom stereocenters. The van der Waals surface area contributed by atoms with Crippen molar-refractivity contribution in [3.63, 3.8) is 0 Å². The van der Waals surface area contributed by atoms with E-state index in [-0.39, 0.29) is 24.3 Å². The van der Waals surface area contributed by atoms with Crippen molar-refractivity contribution in [3.05, 3.63) is 49.1 Å². The fourth-order valence-electron chi connectivity index (χ4n) is 7.48. The molecule has 0 spiro atoms. The number of likely N-dealkylation sites (tertiary alicyclic amines) is 2. The number of aromatic nitrogens is 12. The van der Waals surface area contributed by atoms with Crippen LogP contribution in [0, 0.1) is 13.8 Å². The SMILES string of the molecule is CCn1c(-c2cnc(C)nc2)nc2c(O[C@H]3CCN(C(=O)N4CC(OC)C4)C3)ncnc21.CCn1c(-c2cnc(C)nc2)nc2c(O[C@H]3CCNC3)ncnc21.COC1CNC1. The Labute approximate surface area is 359 Å². The third-order valence-corrected chi connectivity index (χ3v) is 11.2. The third-order valence-electron chi connectivity index (χ3n) is 11.2. The first-order valence-corrected chi connectivity index (χ1v) is 21.1. The molecule has 0 bridgehead atoms. The van der Waals surface area contributed by atoms with Gasteiger partial charge in [-0.15, -0.1) is 0 Å². The Morgan fingerprint density at radius 2 is 1.13 bits per heavy atom. The van der Waals surface area contributed by atoms with Crippen LogP contribution in [0.1, 0.15) is 38.3 Å². The third kappa shape index (κ3) is 9.25. The van der Waals surface area contributed by atoms with Crippen LogP contribution in [0.25, 0.3) is 45.1 Å². The summed E-state index contributed by atoms with van der Waals surface area (Å²) in [6.07, 6.45) is 12.4. The lowest BCUT2D eigenvalue weighted by atomic mass is 10.2. The number of methoxy groups -OCH3 is 2. The Bertz CT molecular complexity index is 2430. The van der Waals surface area contributed by atoms with E-state index in [1.54, 1.807) is 43.9 Å². The summed E-state index contributed by atoms with van der Waals surface area (Å²) in [5.74, 6) is 3.90. The van der Waals surface area contributed by atoms with E-state index in [4.69, 9.17) is 28.9 Å². The maximum atomic E-state index is 12.7. The lowest BCUT2D eigenvalue weighted by molar-refractivity contribution is -0.0147. The second-order valence-electron chi connectivity index (χ2n) is 15.4. The zero-order valence-corrected chi connectivity index (χ0v) is 36.1. The molecule has 21 nitrogen and oxygen atoms in total. The van der Waals surface area contributed by atoms with Crippen molar-refractivity contribution in [2.45, 2.75) is 78.0 Å². The standard InChI is InChI=1S/C21H26N8O3.C16H19N7O.C4H9NO/c1-4-29-18(14-7-22-13(2)23-8-14)26-17-19(29)24-12-25-20(17)32-15-5-6-27(9-15)21(30)28-10-16(11-28)31-3;1-3-23-14(11-6-18-10(2)19-7-11)22-13-15(23)20-9-21-16(13)24-12-4-5-17-8-12;1-6-4-2-5-3-4/h7-8,12,15-16H,4-6,9-11H2,1-3H3;6-7,9,12,17H,3-5,8H2,1-2H3;4-5H,2-3H2,1H3/t15-;12-;/m00./s1. The van der Waals surface area contributed by atoms with E-state index in [1.807, 2.05) is 34.8 Å². The predicted octanol–water partition coefficient (Wildman–Crippen LogP) is 2.47. The number of fused-ring (bicyclic) bond motifs is 2. The number of nitrogens with one attached hydrogen (secondary N) is 2. The molecular weight excluding hydrogens is 797 g/mol. The summed E-state index contributed by atoms with van der Waals surface area (Å²) in [6.45, 7) is 15.6. The van der Waals surface area contributed by atoms with Crippen LogP contribution >= 0.6 is 0 Å². The van der Waals surface area contributed by atoms with Gasteiger partial charge < -0.3 is 48.5 Å². The summed E-state index contributed by atoms with van der Waals surface area (Å²) < 4.78 is 26.5. The second-order valence-corrected chi connectivity index (χ2v) is 15.4. The largest absolute Gasteiger partial charge is 0.471 e. The number of hydrogen-bond acceptors (Lipinski definition) is 17. The molecule has 4 aliphatic rings. The molecule has 6 aromatic heterocycles. The molecule has 4 aliphatic heterocycles. The Kier molecular flexibility index (Phi) is 13.3. The average Bonchev–Trinajstić information content (AvgIpc) is 4.08. The second kappa shape index (κ2) is 19.3. The molecule has 0 aliphatic carbocycles. The van der Waals surface area contributed by atoms with Gasteiger partial charge >= 0.3 is 6.03 Å². The molecule has 0 saturated carbocycles. The minimum Gasteiger partial charge on any atom is -0.471 e. The van der Waals surface area contributed by atoms with Gasteiger partial charge in [0.05, 0.1) is 43.0 Å². The molecule has 6 aromatic rings. The van der Waals surface area contributed by atoms with Crippen molar-refractivity contribution < 1.29 is 23.7 Å². The van der Waals surface area contributed by atoms with E-state index in [9.17, 15) is 4.79 Å². The normalized spacial score (nSPS) is 18.8. The molecule has 21 heteroatoms. The Hall–Kier alpha value is -6.03. The molecule has 328 valence electrons. The molecule has 4 fully saturated rings. The fraction of sp³-hybridized carbons (Fsp3) is 0.537. The van der Waals surface area contributed by atoms with Crippen LogP contribution in [0.2, 0.25) is 0 Å². The molecular formula is C41H54N16O5. The molecule has 10 rings (SSSR count). The Morgan fingerprint density at radius 1 is 0.629 bits per heavy atom. The van der Waals surface area contributed by atoms with E-state index in [1.165, 1.54) is 12.7 Å². The van der Waals surface area contributed by atoms with Gasteiger partial charge in [0.2, 0.25) is 11.8 Å². The van der Waals surface area contributed by atoms with Gasteiger partial charge in [-0.05, 0) is 40.7 Å². The van der Waals surface area contributed by atoms with Crippen molar-refractivity contribution in [1.29, 1.82) is 0 Å². The number of carbonyl (C=O) groups excluding carboxylic acids is 1. The van der Waals surface area contributed by atoms with Crippen molar-refractivity contribution in [2.24, 2.45) is 0 Å². The van der Waals surface area contributed by atoms with Gasteiger partial charge in [0, 0.05) is 84.7 Å². The minimum absolute atomic E-state index is 0.0363. The number of imidazole rings is 2. The van der Waals surface area contributed by atoms with Crippen LogP contribution in [-0.4, -0.2) is 166 Å². The van der Waals surface area contributed by atoms with Gasteiger partial charge in [0.25, 0.3) is 0 Å². The number of aryl methyl sites for hydroxylation is 4.